The molecule has 2 amide bonds. The Kier molecular flexibility index (Phi) is 25.2. The fraction of sp³-hybridized carbons (Fsp3) is 0.0345. The summed E-state index contributed by atoms with van der Waals surface area (Å²) in [6.07, 6.45) is 0. The Hall–Kier alpha value is 0.672. The number of hydrogen-bond acceptors (Lipinski definition) is 4. The number of hydrogen-bond donors (Lipinski definition) is 3. The second-order valence-corrected chi connectivity index (χ2v) is 42.7. The number of benzene rings is 4. The third-order valence-electron chi connectivity index (χ3n) is 4.81. The Bertz CT molecular complexity index is 1610. The summed E-state index contributed by atoms with van der Waals surface area (Å²) in [6, 6.07) is 35.7. The van der Waals surface area contributed by atoms with Gasteiger partial charge >= 0.3 is 76.6 Å². The van der Waals surface area contributed by atoms with E-state index in [2.05, 4.69) is 122 Å². The van der Waals surface area contributed by atoms with Gasteiger partial charge in [-0.05, 0) is 21.8 Å². The van der Waals surface area contributed by atoms with Crippen molar-refractivity contribution in [3.63, 3.8) is 0 Å². The van der Waals surface area contributed by atoms with Crippen LogP contribution in [0.4, 0.5) is 10.5 Å². The van der Waals surface area contributed by atoms with Crippen LogP contribution in [0.25, 0.3) is 22.2 Å². The van der Waals surface area contributed by atoms with Crippen LogP contribution in [0.5, 0.6) is 0 Å². The van der Waals surface area contributed by atoms with Gasteiger partial charge in [-0.1, -0.05) is 28.2 Å². The van der Waals surface area contributed by atoms with E-state index in [1.165, 1.54) is 0 Å². The number of nitrogens with two attached hydrogens (primary N) is 1. The Labute approximate surface area is 352 Å². The van der Waals surface area contributed by atoms with Crippen LogP contribution >= 0.6 is 82.5 Å². The van der Waals surface area contributed by atoms with Crippen molar-refractivity contribution >= 4 is 111 Å². The third kappa shape index (κ3) is 15.9. The molecular weight excluding hydrogens is 1190 g/mol. The summed E-state index contributed by atoms with van der Waals surface area (Å²) in [5.41, 5.74) is 7.85. The summed E-state index contributed by atoms with van der Waals surface area (Å²) in [5, 5.41) is 3.20. The van der Waals surface area contributed by atoms with Crippen molar-refractivity contribution in [2.24, 2.45) is 5.73 Å². The van der Waals surface area contributed by atoms with Crippen LogP contribution < -0.4 is 16.7 Å². The average molecular weight is 1210 g/mol. The smallest absolute Gasteiger partial charge is 0 e. The van der Waals surface area contributed by atoms with Crippen molar-refractivity contribution in [2.75, 3.05) is 10.2 Å². The number of primary amides is 1. The molecule has 0 unspecified atom stereocenters. The number of amides is 2. The van der Waals surface area contributed by atoms with Gasteiger partial charge in [0, 0.05) is 65.4 Å². The number of alkyl halides is 1. The van der Waals surface area contributed by atoms with Crippen molar-refractivity contribution in [2.45, 2.75) is 0 Å². The molecule has 14 heteroatoms. The van der Waals surface area contributed by atoms with Gasteiger partial charge in [-0.2, -0.15) is 0 Å². The van der Waals surface area contributed by atoms with Gasteiger partial charge in [-0.15, -0.1) is 126 Å². The van der Waals surface area contributed by atoms with Gasteiger partial charge < -0.3 is 20.8 Å². The van der Waals surface area contributed by atoms with E-state index in [0.29, 0.717) is 16.9 Å². The number of fused-ring (bicyclic) bond motifs is 1. The first-order valence-electron chi connectivity index (χ1n) is 11.4. The summed E-state index contributed by atoms with van der Waals surface area (Å²) < 4.78 is 0. The number of urea groups is 1. The van der Waals surface area contributed by atoms with Gasteiger partial charge in [-0.3, -0.25) is 0 Å². The molecule has 7 nitrogen and oxygen atoms in total. The van der Waals surface area contributed by atoms with Crippen molar-refractivity contribution in [1.29, 1.82) is 0 Å². The van der Waals surface area contributed by atoms with Crippen molar-refractivity contribution in [1.82, 2.24) is 9.97 Å². The van der Waals surface area contributed by atoms with E-state index in [1.807, 2.05) is 35.3 Å². The number of aromatic nitrogens is 2. The zero-order valence-electron chi connectivity index (χ0n) is 22.4. The molecule has 0 atom stereocenters. The Morgan fingerprint density at radius 1 is 0.837 bits per heavy atom. The van der Waals surface area contributed by atoms with Crippen LogP contribution in [0.15, 0.2) is 89.7 Å². The molecule has 0 fully saturated rings. The largest absolute Gasteiger partial charge is 0 e. The molecule has 43 heavy (non-hydrogen) atoms. The number of nitrogens with one attached hydrogen (secondary N) is 2. The number of nitrogens with zero attached hydrogens (tertiary/aromatic N) is 1. The number of aromatic amines is 1. The van der Waals surface area contributed by atoms with E-state index in [9.17, 15) is 14.4 Å². The molecule has 2 radical (unpaired) electrons. The number of halogens is 4. The van der Waals surface area contributed by atoms with Crippen LogP contribution in [-0.2, 0) is 70.3 Å². The molecule has 4 N–H and O–H groups in total. The number of anilines is 1. The predicted octanol–water partition coefficient (Wildman–Crippen LogP) is 7.90. The van der Waals surface area contributed by atoms with E-state index < -0.39 is 6.03 Å². The minimum atomic E-state index is -0.722. The second-order valence-electron chi connectivity index (χ2n) is 7.37. The molecular formula is C29H21I4N4O3VY2-4. The van der Waals surface area contributed by atoms with Gasteiger partial charge in [0.25, 0.3) is 0 Å². The standard InChI is InChI=1S/C14H10N2O2.C14H8N2O.CH3I.3HI.V.2Y/c15-14(18)16-12-9-5-4-8-11(12)13(17)10-6-2-1-3-7-10;17-14-15-12-9-5-4-8-11(12)13(16-14)10-6-2-1-3-7-10;1-2;;;;;;/h1-6,9H,(H3,15,16,18);1-6,9H,(H,15,16,17);1H3;3*1H;;;/q2*-2;;;;;+3;;/p-3. The third-order valence-corrected chi connectivity index (χ3v) is 4.81. The fourth-order valence-corrected chi connectivity index (χ4v) is 3.30. The fourth-order valence-electron chi connectivity index (χ4n) is 3.30. The van der Waals surface area contributed by atoms with Crippen molar-refractivity contribution in [3.05, 3.63) is 131 Å². The maximum absolute atomic E-state index is 12.2. The van der Waals surface area contributed by atoms with Gasteiger partial charge in [-0.25, -0.2) is 14.6 Å². The minimum absolute atomic E-state index is 0. The molecule has 218 valence electrons. The number of ketones is 1. The molecule has 0 spiro atoms. The zero-order valence-corrected chi connectivity index (χ0v) is 38.1. The van der Waals surface area contributed by atoms with Crippen molar-refractivity contribution < 1.29 is 79.9 Å². The van der Waals surface area contributed by atoms with E-state index in [1.54, 1.807) is 54.6 Å². The predicted molar refractivity (Wildman–Crippen MR) is 195 cm³/mol. The first-order chi connectivity index (χ1) is 19.8. The Morgan fingerprint density at radius 2 is 1.42 bits per heavy atom. The first-order valence-corrected chi connectivity index (χ1v) is 27.1. The summed E-state index contributed by atoms with van der Waals surface area (Å²) in [7, 11) is 0. The zero-order chi connectivity index (χ0) is 30.2. The number of H-pyrrole nitrogens is 1. The average Bonchev–Trinajstić information content (AvgIpc) is 2.98. The minimum Gasteiger partial charge on any atom is 0 e. The van der Waals surface area contributed by atoms with Crippen LogP contribution in [-0.4, -0.2) is 26.7 Å². The SMILES string of the molecule is CI.NC(=O)Nc1ccc[c-]c1C(=O)c1[c-]cccc1.O=c1nc(-c2[c-]cccc2)c2[c-]cccc2[nH]1.[I][V]([I])[I].[Y].[Y]. The van der Waals surface area contributed by atoms with Gasteiger partial charge in [0.15, 0.2) is 0 Å². The van der Waals surface area contributed by atoms with Gasteiger partial charge in [0.05, 0.1) is 5.78 Å². The molecule has 0 saturated carbocycles. The molecule has 0 aliphatic heterocycles. The topological polar surface area (TPSA) is 118 Å². The molecule has 0 bridgehead atoms. The van der Waals surface area contributed by atoms with E-state index in [4.69, 9.17) is 5.73 Å². The summed E-state index contributed by atoms with van der Waals surface area (Å²) in [4.78, 5) is 42.9. The Morgan fingerprint density at radius 3 is 2.00 bits per heavy atom. The molecule has 1 heterocycles. The Balaban J connectivity index is 0.000000669. The normalized spacial score (nSPS) is 9.26. The molecule has 5 aromatic rings. The summed E-state index contributed by atoms with van der Waals surface area (Å²) >= 11 is 9.54. The van der Waals surface area contributed by atoms with E-state index in [0.717, 1.165) is 16.5 Å². The van der Waals surface area contributed by atoms with Crippen LogP contribution in [0.1, 0.15) is 15.9 Å². The maximum atomic E-state index is 12.2. The van der Waals surface area contributed by atoms with Crippen LogP contribution in [0.2, 0.25) is 0 Å². The molecule has 5 rings (SSSR count). The molecule has 0 aliphatic rings. The number of rotatable bonds is 4. The number of carbonyl (C=O) groups is 2. The van der Waals surface area contributed by atoms with Crippen LogP contribution in [0.3, 0.4) is 0 Å². The monoisotopic (exact) mass is 1210 g/mol. The van der Waals surface area contributed by atoms with E-state index >= 15 is 0 Å². The van der Waals surface area contributed by atoms with E-state index in [-0.39, 0.29) is 87.4 Å². The quantitative estimate of drug-likeness (QED) is 0.0735. The second kappa shape index (κ2) is 24.8. The first kappa shape index (κ1) is 43.7. The molecule has 0 aliphatic carbocycles. The van der Waals surface area contributed by atoms with Gasteiger partial charge in [0.2, 0.25) is 0 Å². The summed E-state index contributed by atoms with van der Waals surface area (Å²) in [6.45, 7) is 0. The van der Waals surface area contributed by atoms with Crippen molar-refractivity contribution in [3.8, 4) is 11.3 Å². The molecule has 1 aromatic heterocycles. The molecule has 4 aromatic carbocycles. The molecule has 0 saturated heterocycles. The summed E-state index contributed by atoms with van der Waals surface area (Å²) in [5.74, 6) is -0.264. The van der Waals surface area contributed by atoms with Gasteiger partial charge in [0.1, 0.15) is 0 Å². The maximum Gasteiger partial charge on any atom is 0 e. The van der Waals surface area contributed by atoms with Crippen LogP contribution in [0, 0.1) is 24.3 Å². The number of carbonyl (C=O) groups excluding carboxylic acids is 2.